The lowest BCUT2D eigenvalue weighted by atomic mass is 9.58. The summed E-state index contributed by atoms with van der Waals surface area (Å²) in [5.41, 5.74) is 0. The molecule has 0 amide bonds. The molecule has 64 valence electrons. The van der Waals surface area contributed by atoms with E-state index in [0.29, 0.717) is 6.85 Å². The Bertz CT molecular complexity index is 121. The highest BCUT2D eigenvalue weighted by molar-refractivity contribution is 14.1. The van der Waals surface area contributed by atoms with E-state index < -0.39 is 0 Å². The van der Waals surface area contributed by atoms with Crippen molar-refractivity contribution in [2.24, 2.45) is 5.92 Å². The maximum Gasteiger partial charge on any atom is 0.217 e. The zero-order valence-corrected chi connectivity index (χ0v) is 9.60. The number of alkyl halides is 1. The molecule has 0 saturated heterocycles. The second kappa shape index (κ2) is 4.70. The maximum atomic E-state index is 3.31. The van der Waals surface area contributed by atoms with Gasteiger partial charge in [0.1, 0.15) is 0 Å². The van der Waals surface area contributed by atoms with Gasteiger partial charge in [-0.3, -0.25) is 0 Å². The van der Waals surface area contributed by atoms with Gasteiger partial charge in [0.05, 0.1) is 0 Å². The molecule has 0 bridgehead atoms. The van der Waals surface area contributed by atoms with E-state index in [1.54, 1.807) is 0 Å². The van der Waals surface area contributed by atoms with Gasteiger partial charge in [-0.1, -0.05) is 48.6 Å². The molecule has 0 heterocycles. The number of hydrogen-bond donors (Lipinski definition) is 1. The van der Waals surface area contributed by atoms with Crippen LogP contribution in [0.5, 0.6) is 0 Å². The van der Waals surface area contributed by atoms with E-state index in [9.17, 15) is 0 Å². The lowest BCUT2D eigenvalue weighted by Gasteiger charge is -2.16. The first-order valence-corrected chi connectivity index (χ1v) is 5.80. The molecule has 1 N–H and O–H groups in total. The highest BCUT2D eigenvalue weighted by atomic mass is 127. The van der Waals surface area contributed by atoms with Crippen molar-refractivity contribution in [1.29, 1.82) is 0 Å². The monoisotopic (exact) mass is 265 g/mol. The van der Waals surface area contributed by atoms with E-state index in [0.717, 1.165) is 9.84 Å². The predicted molar refractivity (Wildman–Crippen MR) is 60.6 cm³/mol. The average molecular weight is 265 g/mol. The molecule has 1 aliphatic carbocycles. The SMILES string of the molecule is CNB(C)CC1CCCC1I. The van der Waals surface area contributed by atoms with Crippen molar-refractivity contribution >= 4 is 29.4 Å². The van der Waals surface area contributed by atoms with Crippen molar-refractivity contribution in [2.75, 3.05) is 7.05 Å². The summed E-state index contributed by atoms with van der Waals surface area (Å²) in [6.07, 6.45) is 5.72. The van der Waals surface area contributed by atoms with Gasteiger partial charge < -0.3 is 5.23 Å². The highest BCUT2D eigenvalue weighted by Gasteiger charge is 2.26. The van der Waals surface area contributed by atoms with Crippen molar-refractivity contribution < 1.29 is 0 Å². The van der Waals surface area contributed by atoms with Crippen LogP contribution in [0.1, 0.15) is 19.3 Å². The summed E-state index contributed by atoms with van der Waals surface area (Å²) in [5, 5.41) is 3.31. The first-order chi connectivity index (χ1) is 5.24. The Morgan fingerprint density at radius 1 is 1.55 bits per heavy atom. The van der Waals surface area contributed by atoms with Crippen molar-refractivity contribution in [3.8, 4) is 0 Å². The summed E-state index contributed by atoms with van der Waals surface area (Å²) in [4.78, 5) is 0. The summed E-state index contributed by atoms with van der Waals surface area (Å²) in [5.74, 6) is 0.984. The number of halogens is 1. The molecule has 1 nitrogen and oxygen atoms in total. The number of nitrogens with one attached hydrogen (secondary N) is 1. The quantitative estimate of drug-likeness (QED) is 0.469. The van der Waals surface area contributed by atoms with E-state index in [2.05, 4.69) is 41.7 Å². The third-order valence-electron chi connectivity index (χ3n) is 2.72. The summed E-state index contributed by atoms with van der Waals surface area (Å²) in [6, 6.07) is 0. The molecule has 11 heavy (non-hydrogen) atoms. The highest BCUT2D eigenvalue weighted by Crippen LogP contribution is 2.34. The van der Waals surface area contributed by atoms with Crippen LogP contribution in [0.25, 0.3) is 0 Å². The predicted octanol–water partition coefficient (Wildman–Crippen LogP) is 2.43. The van der Waals surface area contributed by atoms with E-state index in [-0.39, 0.29) is 0 Å². The van der Waals surface area contributed by atoms with Crippen LogP contribution in [0.4, 0.5) is 0 Å². The first kappa shape index (κ1) is 9.84. The lowest BCUT2D eigenvalue weighted by molar-refractivity contribution is 0.627. The molecule has 1 fully saturated rings. The molecule has 0 aliphatic heterocycles. The maximum absolute atomic E-state index is 3.31. The van der Waals surface area contributed by atoms with E-state index in [1.165, 1.54) is 25.6 Å². The molecule has 0 radical (unpaired) electrons. The fourth-order valence-corrected chi connectivity index (χ4v) is 2.92. The van der Waals surface area contributed by atoms with Gasteiger partial charge in [0.15, 0.2) is 0 Å². The minimum Gasteiger partial charge on any atom is -0.359 e. The Morgan fingerprint density at radius 3 is 2.73 bits per heavy atom. The van der Waals surface area contributed by atoms with Crippen LogP contribution < -0.4 is 5.23 Å². The van der Waals surface area contributed by atoms with Crippen molar-refractivity contribution in [3.05, 3.63) is 0 Å². The van der Waals surface area contributed by atoms with Crippen LogP contribution in [-0.2, 0) is 0 Å². The Morgan fingerprint density at radius 2 is 2.27 bits per heavy atom. The van der Waals surface area contributed by atoms with Gasteiger partial charge in [0.25, 0.3) is 0 Å². The molecular formula is C8H17BIN. The third kappa shape index (κ3) is 2.94. The van der Waals surface area contributed by atoms with Crippen LogP contribution >= 0.6 is 22.6 Å². The zero-order valence-electron chi connectivity index (χ0n) is 7.44. The molecule has 2 atom stereocenters. The van der Waals surface area contributed by atoms with Crippen molar-refractivity contribution in [2.45, 2.75) is 36.3 Å². The molecule has 1 saturated carbocycles. The standard InChI is InChI=1S/C8H17BIN/c1-9(11-2)6-7-4-3-5-8(7)10/h7-8,11H,3-6H2,1-2H3. The van der Waals surface area contributed by atoms with Gasteiger partial charge in [0.2, 0.25) is 6.85 Å². The van der Waals surface area contributed by atoms with E-state index in [4.69, 9.17) is 0 Å². The fraction of sp³-hybridized carbons (Fsp3) is 1.00. The minimum atomic E-state index is 0.704. The summed E-state index contributed by atoms with van der Waals surface area (Å²) in [7, 11) is 2.06. The summed E-state index contributed by atoms with van der Waals surface area (Å²) in [6.45, 7) is 2.98. The number of hydrogen-bond acceptors (Lipinski definition) is 1. The van der Waals surface area contributed by atoms with Gasteiger partial charge >= 0.3 is 0 Å². The molecule has 0 aromatic carbocycles. The zero-order chi connectivity index (χ0) is 8.27. The molecule has 0 aromatic rings. The smallest absolute Gasteiger partial charge is 0.217 e. The Labute approximate surface area is 83.9 Å². The second-order valence-corrected chi connectivity index (χ2v) is 5.23. The van der Waals surface area contributed by atoms with Crippen LogP contribution in [-0.4, -0.2) is 17.8 Å². The lowest BCUT2D eigenvalue weighted by Crippen LogP contribution is -2.29. The Balaban J connectivity index is 2.24. The topological polar surface area (TPSA) is 12.0 Å². The normalized spacial score (nSPS) is 30.8. The number of rotatable bonds is 3. The van der Waals surface area contributed by atoms with Gasteiger partial charge in [-0.15, -0.1) is 0 Å². The Hall–Kier alpha value is 0.755. The molecular weight excluding hydrogens is 248 g/mol. The third-order valence-corrected chi connectivity index (χ3v) is 4.36. The average Bonchev–Trinajstić information content (AvgIpc) is 2.37. The van der Waals surface area contributed by atoms with Crippen LogP contribution in [0.2, 0.25) is 13.1 Å². The second-order valence-electron chi connectivity index (χ2n) is 3.63. The van der Waals surface area contributed by atoms with Gasteiger partial charge in [-0.2, -0.15) is 0 Å². The fourth-order valence-electron chi connectivity index (χ4n) is 1.83. The summed E-state index contributed by atoms with van der Waals surface area (Å²) >= 11 is 2.62. The van der Waals surface area contributed by atoms with E-state index >= 15 is 0 Å². The van der Waals surface area contributed by atoms with E-state index in [1.807, 2.05) is 0 Å². The van der Waals surface area contributed by atoms with Crippen LogP contribution in [0.15, 0.2) is 0 Å². The van der Waals surface area contributed by atoms with Crippen LogP contribution in [0, 0.1) is 5.92 Å². The molecule has 0 aromatic heterocycles. The van der Waals surface area contributed by atoms with Crippen LogP contribution in [0.3, 0.4) is 0 Å². The van der Waals surface area contributed by atoms with Gasteiger partial charge in [-0.25, -0.2) is 0 Å². The van der Waals surface area contributed by atoms with Gasteiger partial charge in [0, 0.05) is 3.92 Å². The van der Waals surface area contributed by atoms with Gasteiger partial charge in [-0.05, 0) is 19.4 Å². The molecule has 0 spiro atoms. The molecule has 2 unspecified atom stereocenters. The van der Waals surface area contributed by atoms with Crippen molar-refractivity contribution in [3.63, 3.8) is 0 Å². The Kier molecular flexibility index (Phi) is 4.21. The summed E-state index contributed by atoms with van der Waals surface area (Å²) < 4.78 is 0.948. The van der Waals surface area contributed by atoms with Crippen molar-refractivity contribution in [1.82, 2.24) is 5.23 Å². The molecule has 1 rings (SSSR count). The minimum absolute atomic E-state index is 0.704. The molecule has 1 aliphatic rings. The first-order valence-electron chi connectivity index (χ1n) is 4.55. The molecule has 3 heteroatoms. The largest absolute Gasteiger partial charge is 0.359 e.